The van der Waals surface area contributed by atoms with Crippen LogP contribution in [0.1, 0.15) is 5.01 Å². The number of urea groups is 1. The van der Waals surface area contributed by atoms with E-state index in [-0.39, 0.29) is 22.3 Å². The Hall–Kier alpha value is -2.75. The fraction of sp³-hybridized carbons (Fsp3) is 0.0769. The number of nitrogens with one attached hydrogen (secondary N) is 2. The Labute approximate surface area is 131 Å². The number of aromatic nitrogens is 3. The molecule has 0 bridgehead atoms. The Balaban J connectivity index is 1.69. The first-order chi connectivity index (χ1) is 10.9. The summed E-state index contributed by atoms with van der Waals surface area (Å²) in [4.78, 5) is 16.0. The van der Waals surface area contributed by atoms with Gasteiger partial charge in [-0.15, -0.1) is 10.2 Å². The summed E-state index contributed by atoms with van der Waals surface area (Å²) in [5, 5.41) is 10.4. The van der Waals surface area contributed by atoms with Crippen LogP contribution >= 0.6 is 11.3 Å². The number of fused-ring (bicyclic) bond motifs is 1. The molecule has 2 amide bonds. The van der Waals surface area contributed by atoms with Gasteiger partial charge in [0.1, 0.15) is 5.82 Å². The van der Waals surface area contributed by atoms with Crippen LogP contribution in [0, 0.1) is 0 Å². The Kier molecular flexibility index (Phi) is 3.82. The van der Waals surface area contributed by atoms with Crippen molar-refractivity contribution in [3.8, 4) is 0 Å². The Morgan fingerprint density at radius 1 is 1.04 bits per heavy atom. The van der Waals surface area contributed by atoms with E-state index in [2.05, 4.69) is 25.8 Å². The molecule has 2 N–H and O–H groups in total. The predicted octanol–water partition coefficient (Wildman–Crippen LogP) is 3.75. The van der Waals surface area contributed by atoms with Gasteiger partial charge in [-0.05, 0) is 18.2 Å². The Morgan fingerprint density at radius 3 is 2.57 bits per heavy atom. The molecule has 0 aliphatic carbocycles. The third-order valence-electron chi connectivity index (χ3n) is 2.73. The molecule has 0 saturated carbocycles. The number of rotatable bonds is 2. The first-order valence-corrected chi connectivity index (χ1v) is 7.08. The maximum atomic E-state index is 12.4. The molecule has 118 valence electrons. The van der Waals surface area contributed by atoms with E-state index < -0.39 is 17.2 Å². The zero-order valence-electron chi connectivity index (χ0n) is 11.3. The molecule has 0 saturated heterocycles. The van der Waals surface area contributed by atoms with Gasteiger partial charge in [-0.25, -0.2) is 9.78 Å². The van der Waals surface area contributed by atoms with Gasteiger partial charge in [0, 0.05) is 5.39 Å². The quantitative estimate of drug-likeness (QED) is 0.745. The highest BCUT2D eigenvalue weighted by Crippen LogP contribution is 2.32. The number of carbonyl (C=O) groups is 1. The summed E-state index contributed by atoms with van der Waals surface area (Å²) < 4.78 is 37.2. The van der Waals surface area contributed by atoms with Crippen LogP contribution in [0.3, 0.4) is 0 Å². The average Bonchev–Trinajstić information content (AvgIpc) is 2.95. The van der Waals surface area contributed by atoms with E-state index in [0.29, 0.717) is 5.52 Å². The summed E-state index contributed by atoms with van der Waals surface area (Å²) in [6.45, 7) is 0. The number of para-hydroxylation sites is 1. The average molecular weight is 339 g/mol. The standard InChI is InChI=1S/C13H8F3N5OS/c14-13(15,16)10-20-21-12(23-10)19-11(22)18-9-6-5-7-3-1-2-4-8(7)17-9/h1-6H,(H2,17,18,19,21,22). The maximum absolute atomic E-state index is 12.4. The van der Waals surface area contributed by atoms with E-state index >= 15 is 0 Å². The summed E-state index contributed by atoms with van der Waals surface area (Å²) in [7, 11) is 0. The van der Waals surface area contributed by atoms with Gasteiger partial charge in [0.2, 0.25) is 10.1 Å². The molecular weight excluding hydrogens is 331 g/mol. The molecular formula is C13H8F3N5OS. The van der Waals surface area contributed by atoms with Crippen LogP contribution in [0.4, 0.5) is 28.9 Å². The SMILES string of the molecule is O=C(Nc1ccc2ccccc2n1)Nc1nnc(C(F)(F)F)s1. The van der Waals surface area contributed by atoms with Crippen LogP contribution in [-0.4, -0.2) is 21.2 Å². The zero-order valence-corrected chi connectivity index (χ0v) is 12.1. The first-order valence-electron chi connectivity index (χ1n) is 6.26. The van der Waals surface area contributed by atoms with E-state index in [0.717, 1.165) is 5.39 Å². The van der Waals surface area contributed by atoms with Crippen molar-refractivity contribution in [2.45, 2.75) is 6.18 Å². The topological polar surface area (TPSA) is 79.8 Å². The summed E-state index contributed by atoms with van der Waals surface area (Å²) in [6, 6.07) is 9.91. The lowest BCUT2D eigenvalue weighted by Crippen LogP contribution is -2.19. The third-order valence-corrected chi connectivity index (χ3v) is 3.61. The second-order valence-electron chi connectivity index (χ2n) is 4.38. The second kappa shape index (κ2) is 5.80. The molecule has 3 aromatic rings. The number of hydrogen-bond donors (Lipinski definition) is 2. The normalized spacial score (nSPS) is 11.4. The fourth-order valence-electron chi connectivity index (χ4n) is 1.77. The summed E-state index contributed by atoms with van der Waals surface area (Å²) in [5.74, 6) is 0.266. The van der Waals surface area contributed by atoms with E-state index in [1.54, 1.807) is 24.3 Å². The van der Waals surface area contributed by atoms with Crippen molar-refractivity contribution in [3.05, 3.63) is 41.4 Å². The largest absolute Gasteiger partial charge is 0.445 e. The molecule has 2 aromatic heterocycles. The predicted molar refractivity (Wildman–Crippen MR) is 79.3 cm³/mol. The molecule has 0 radical (unpaired) electrons. The molecule has 0 atom stereocenters. The molecule has 23 heavy (non-hydrogen) atoms. The zero-order chi connectivity index (χ0) is 16.4. The van der Waals surface area contributed by atoms with E-state index in [9.17, 15) is 18.0 Å². The Morgan fingerprint density at radius 2 is 1.83 bits per heavy atom. The molecule has 2 heterocycles. The lowest BCUT2D eigenvalue weighted by Gasteiger charge is -2.05. The number of benzene rings is 1. The van der Waals surface area contributed by atoms with Crippen molar-refractivity contribution in [2.24, 2.45) is 0 Å². The van der Waals surface area contributed by atoms with Crippen LogP contribution in [0.2, 0.25) is 0 Å². The maximum Gasteiger partial charge on any atom is 0.445 e. The number of halogens is 3. The van der Waals surface area contributed by atoms with Crippen molar-refractivity contribution in [2.75, 3.05) is 10.6 Å². The van der Waals surface area contributed by atoms with E-state index in [1.807, 2.05) is 12.1 Å². The number of pyridine rings is 1. The monoisotopic (exact) mass is 339 g/mol. The van der Waals surface area contributed by atoms with Crippen molar-refractivity contribution in [1.29, 1.82) is 0 Å². The van der Waals surface area contributed by atoms with Crippen LogP contribution in [0.15, 0.2) is 36.4 Å². The molecule has 3 rings (SSSR count). The minimum absolute atomic E-state index is 0.242. The number of nitrogens with zero attached hydrogens (tertiary/aromatic N) is 3. The Bertz CT molecular complexity index is 864. The van der Waals surface area contributed by atoms with Crippen LogP contribution in [0.25, 0.3) is 10.9 Å². The van der Waals surface area contributed by atoms with Gasteiger partial charge >= 0.3 is 12.2 Å². The fourth-order valence-corrected chi connectivity index (χ4v) is 2.37. The summed E-state index contributed by atoms with van der Waals surface area (Å²) in [6.07, 6.45) is -4.59. The summed E-state index contributed by atoms with van der Waals surface area (Å²) in [5.41, 5.74) is 0.681. The van der Waals surface area contributed by atoms with Gasteiger partial charge in [-0.1, -0.05) is 29.5 Å². The highest BCUT2D eigenvalue weighted by Gasteiger charge is 2.35. The number of anilines is 2. The van der Waals surface area contributed by atoms with Gasteiger partial charge in [0.15, 0.2) is 0 Å². The smallest absolute Gasteiger partial charge is 0.292 e. The molecule has 0 spiro atoms. The molecule has 0 aliphatic heterocycles. The molecule has 6 nitrogen and oxygen atoms in total. The number of hydrogen-bond acceptors (Lipinski definition) is 5. The molecule has 1 aromatic carbocycles. The minimum atomic E-state index is -4.59. The minimum Gasteiger partial charge on any atom is -0.292 e. The van der Waals surface area contributed by atoms with Gasteiger partial charge in [0.25, 0.3) is 0 Å². The second-order valence-corrected chi connectivity index (χ2v) is 5.36. The van der Waals surface area contributed by atoms with Gasteiger partial charge in [0.05, 0.1) is 5.52 Å². The number of alkyl halides is 3. The van der Waals surface area contributed by atoms with Crippen LogP contribution in [0.5, 0.6) is 0 Å². The highest BCUT2D eigenvalue weighted by molar-refractivity contribution is 7.15. The van der Waals surface area contributed by atoms with Gasteiger partial charge < -0.3 is 0 Å². The van der Waals surface area contributed by atoms with E-state index in [4.69, 9.17) is 0 Å². The van der Waals surface area contributed by atoms with Crippen molar-refractivity contribution in [3.63, 3.8) is 0 Å². The lowest BCUT2D eigenvalue weighted by atomic mass is 10.2. The van der Waals surface area contributed by atoms with Gasteiger partial charge in [-0.3, -0.25) is 10.6 Å². The van der Waals surface area contributed by atoms with Crippen molar-refractivity contribution >= 4 is 39.2 Å². The van der Waals surface area contributed by atoms with E-state index in [1.165, 1.54) is 0 Å². The third kappa shape index (κ3) is 3.54. The molecule has 0 aliphatic rings. The van der Waals surface area contributed by atoms with Gasteiger partial charge in [-0.2, -0.15) is 13.2 Å². The van der Waals surface area contributed by atoms with Crippen molar-refractivity contribution in [1.82, 2.24) is 15.2 Å². The first kappa shape index (κ1) is 15.2. The molecule has 0 fully saturated rings. The van der Waals surface area contributed by atoms with Crippen molar-refractivity contribution < 1.29 is 18.0 Å². The number of carbonyl (C=O) groups excluding carboxylic acids is 1. The van der Waals surface area contributed by atoms with Crippen LogP contribution in [-0.2, 0) is 6.18 Å². The highest BCUT2D eigenvalue weighted by atomic mass is 32.1. The summed E-state index contributed by atoms with van der Waals surface area (Å²) >= 11 is 0.242. The molecule has 0 unspecified atom stereocenters. The number of amides is 2. The lowest BCUT2D eigenvalue weighted by molar-refractivity contribution is -0.138. The molecule has 10 heteroatoms. The van der Waals surface area contributed by atoms with Crippen LogP contribution < -0.4 is 10.6 Å².